The first kappa shape index (κ1) is 14.8. The summed E-state index contributed by atoms with van der Waals surface area (Å²) in [7, 11) is 3.16. The number of hydrogen-bond acceptors (Lipinski definition) is 3. The van der Waals surface area contributed by atoms with Crippen molar-refractivity contribution in [3.63, 3.8) is 0 Å². The molecule has 0 saturated heterocycles. The predicted molar refractivity (Wildman–Crippen MR) is 75.8 cm³/mol. The van der Waals surface area contributed by atoms with Gasteiger partial charge in [-0.2, -0.15) is 0 Å². The van der Waals surface area contributed by atoms with Crippen LogP contribution >= 0.6 is 15.9 Å². The Morgan fingerprint density at radius 2 is 2.06 bits per heavy atom. The fourth-order valence-corrected chi connectivity index (χ4v) is 1.90. The maximum absolute atomic E-state index is 11.7. The summed E-state index contributed by atoms with van der Waals surface area (Å²) in [5, 5.41) is 3.76. The molecule has 100 valence electrons. The number of amides is 1. The lowest BCUT2D eigenvalue weighted by Gasteiger charge is -2.11. The van der Waals surface area contributed by atoms with Gasteiger partial charge >= 0.3 is 0 Å². The van der Waals surface area contributed by atoms with Crippen molar-refractivity contribution in [3.8, 4) is 11.5 Å². The normalized spacial score (nSPS) is 9.94. The van der Waals surface area contributed by atoms with Crippen LogP contribution in [0, 0.1) is 0 Å². The first-order valence-corrected chi connectivity index (χ1v) is 6.91. The SMILES string of the molecule is COc1ccc(OC)c(NC(=O)CCCCBr)c1. The second-order valence-corrected chi connectivity index (χ2v) is 4.55. The number of carbonyl (C=O) groups is 1. The molecule has 0 saturated carbocycles. The first-order valence-electron chi connectivity index (χ1n) is 5.79. The zero-order valence-corrected chi connectivity index (χ0v) is 12.2. The number of anilines is 1. The third-order valence-electron chi connectivity index (χ3n) is 2.47. The Morgan fingerprint density at radius 3 is 2.67 bits per heavy atom. The summed E-state index contributed by atoms with van der Waals surface area (Å²) in [6.45, 7) is 0. The predicted octanol–water partition coefficient (Wildman–Crippen LogP) is 3.21. The minimum Gasteiger partial charge on any atom is -0.497 e. The molecule has 1 rings (SSSR count). The van der Waals surface area contributed by atoms with E-state index >= 15 is 0 Å². The lowest BCUT2D eigenvalue weighted by molar-refractivity contribution is -0.116. The summed E-state index contributed by atoms with van der Waals surface area (Å²) in [6.07, 6.45) is 2.36. The molecule has 1 amide bonds. The van der Waals surface area contributed by atoms with Gasteiger partial charge in [-0.1, -0.05) is 15.9 Å². The summed E-state index contributed by atoms with van der Waals surface area (Å²) < 4.78 is 10.3. The van der Waals surface area contributed by atoms with Crippen LogP contribution in [0.3, 0.4) is 0 Å². The number of halogens is 1. The topological polar surface area (TPSA) is 47.6 Å². The first-order chi connectivity index (χ1) is 8.71. The molecule has 0 radical (unpaired) electrons. The number of methoxy groups -OCH3 is 2. The molecule has 5 heteroatoms. The highest BCUT2D eigenvalue weighted by Crippen LogP contribution is 2.28. The lowest BCUT2D eigenvalue weighted by atomic mass is 10.2. The van der Waals surface area contributed by atoms with Crippen molar-refractivity contribution in [2.45, 2.75) is 19.3 Å². The Morgan fingerprint density at radius 1 is 1.28 bits per heavy atom. The number of rotatable bonds is 7. The van der Waals surface area contributed by atoms with Crippen molar-refractivity contribution in [2.75, 3.05) is 24.9 Å². The van der Waals surface area contributed by atoms with E-state index in [0.717, 1.165) is 18.2 Å². The highest BCUT2D eigenvalue weighted by Gasteiger charge is 2.08. The van der Waals surface area contributed by atoms with Crippen LogP contribution in [0.2, 0.25) is 0 Å². The standard InChI is InChI=1S/C13H18BrNO3/c1-17-10-6-7-12(18-2)11(9-10)15-13(16)5-3-4-8-14/h6-7,9H,3-5,8H2,1-2H3,(H,15,16). The average Bonchev–Trinajstić information content (AvgIpc) is 2.39. The van der Waals surface area contributed by atoms with Gasteiger partial charge in [-0.3, -0.25) is 4.79 Å². The molecule has 0 aliphatic carbocycles. The van der Waals surface area contributed by atoms with E-state index in [4.69, 9.17) is 9.47 Å². The van der Waals surface area contributed by atoms with Crippen LogP contribution in [0.15, 0.2) is 18.2 Å². The van der Waals surface area contributed by atoms with Crippen LogP contribution in [0.4, 0.5) is 5.69 Å². The van der Waals surface area contributed by atoms with Crippen LogP contribution in [0.1, 0.15) is 19.3 Å². The van der Waals surface area contributed by atoms with Gasteiger partial charge in [-0.05, 0) is 25.0 Å². The van der Waals surface area contributed by atoms with Gasteiger partial charge in [-0.15, -0.1) is 0 Å². The minimum atomic E-state index is -0.0116. The van der Waals surface area contributed by atoms with E-state index in [1.807, 2.05) is 0 Å². The van der Waals surface area contributed by atoms with E-state index in [1.54, 1.807) is 32.4 Å². The second-order valence-electron chi connectivity index (χ2n) is 3.76. The Labute approximate surface area is 116 Å². The quantitative estimate of drug-likeness (QED) is 0.621. The molecule has 0 unspecified atom stereocenters. The van der Waals surface area contributed by atoms with Crippen LogP contribution in [-0.2, 0) is 4.79 Å². The fraction of sp³-hybridized carbons (Fsp3) is 0.462. The average molecular weight is 316 g/mol. The van der Waals surface area contributed by atoms with Crippen molar-refractivity contribution in [3.05, 3.63) is 18.2 Å². The molecule has 0 aliphatic rings. The Balaban J connectivity index is 2.66. The number of nitrogens with one attached hydrogen (secondary N) is 1. The maximum Gasteiger partial charge on any atom is 0.224 e. The van der Waals surface area contributed by atoms with Gasteiger partial charge < -0.3 is 14.8 Å². The molecule has 1 aromatic carbocycles. The van der Waals surface area contributed by atoms with Crippen molar-refractivity contribution in [1.82, 2.24) is 0 Å². The van der Waals surface area contributed by atoms with Crippen molar-refractivity contribution in [1.29, 1.82) is 0 Å². The molecule has 0 spiro atoms. The molecule has 1 N–H and O–H groups in total. The highest BCUT2D eigenvalue weighted by molar-refractivity contribution is 9.09. The van der Waals surface area contributed by atoms with E-state index in [9.17, 15) is 4.79 Å². The zero-order chi connectivity index (χ0) is 13.4. The lowest BCUT2D eigenvalue weighted by Crippen LogP contribution is -2.12. The fourth-order valence-electron chi connectivity index (χ4n) is 1.50. The molecule has 0 fully saturated rings. The number of unbranched alkanes of at least 4 members (excludes halogenated alkanes) is 1. The monoisotopic (exact) mass is 315 g/mol. The molecule has 1 aromatic rings. The molecule has 0 aliphatic heterocycles. The minimum absolute atomic E-state index is 0.0116. The van der Waals surface area contributed by atoms with E-state index in [2.05, 4.69) is 21.2 Å². The maximum atomic E-state index is 11.7. The van der Waals surface area contributed by atoms with Gasteiger partial charge in [0.05, 0.1) is 19.9 Å². The summed E-state index contributed by atoms with van der Waals surface area (Å²) in [5.74, 6) is 1.30. The molecule has 0 bridgehead atoms. The van der Waals surface area contributed by atoms with Crippen LogP contribution in [-0.4, -0.2) is 25.5 Å². The van der Waals surface area contributed by atoms with Crippen molar-refractivity contribution >= 4 is 27.5 Å². The number of alkyl halides is 1. The van der Waals surface area contributed by atoms with Crippen molar-refractivity contribution in [2.24, 2.45) is 0 Å². The summed E-state index contributed by atoms with van der Waals surface area (Å²) in [6, 6.07) is 5.31. The Bertz CT molecular complexity index is 396. The molecule has 4 nitrogen and oxygen atoms in total. The third kappa shape index (κ3) is 4.56. The molecule has 18 heavy (non-hydrogen) atoms. The van der Waals surface area contributed by atoms with E-state index in [0.29, 0.717) is 23.6 Å². The van der Waals surface area contributed by atoms with Gasteiger partial charge in [0.15, 0.2) is 0 Å². The molecule has 0 atom stereocenters. The van der Waals surface area contributed by atoms with E-state index in [1.165, 1.54) is 0 Å². The Kier molecular flexibility index (Phi) is 6.57. The van der Waals surface area contributed by atoms with Crippen LogP contribution in [0.25, 0.3) is 0 Å². The van der Waals surface area contributed by atoms with Crippen LogP contribution < -0.4 is 14.8 Å². The number of benzene rings is 1. The molecule has 0 heterocycles. The Hall–Kier alpha value is -1.23. The van der Waals surface area contributed by atoms with Gasteiger partial charge in [0.2, 0.25) is 5.91 Å². The number of carbonyl (C=O) groups excluding carboxylic acids is 1. The van der Waals surface area contributed by atoms with Gasteiger partial charge in [0.1, 0.15) is 11.5 Å². The third-order valence-corrected chi connectivity index (χ3v) is 3.03. The van der Waals surface area contributed by atoms with Gasteiger partial charge in [0.25, 0.3) is 0 Å². The summed E-state index contributed by atoms with van der Waals surface area (Å²) >= 11 is 3.34. The largest absolute Gasteiger partial charge is 0.497 e. The smallest absolute Gasteiger partial charge is 0.224 e. The van der Waals surface area contributed by atoms with Gasteiger partial charge in [0, 0.05) is 17.8 Å². The molecular weight excluding hydrogens is 298 g/mol. The van der Waals surface area contributed by atoms with E-state index < -0.39 is 0 Å². The zero-order valence-electron chi connectivity index (χ0n) is 10.7. The molecule has 0 aromatic heterocycles. The van der Waals surface area contributed by atoms with Crippen LogP contribution in [0.5, 0.6) is 11.5 Å². The highest BCUT2D eigenvalue weighted by atomic mass is 79.9. The van der Waals surface area contributed by atoms with Crippen molar-refractivity contribution < 1.29 is 14.3 Å². The number of hydrogen-bond donors (Lipinski definition) is 1. The second kappa shape index (κ2) is 7.97. The molecular formula is C13H18BrNO3. The number of ether oxygens (including phenoxy) is 2. The summed E-state index contributed by atoms with van der Waals surface area (Å²) in [5.41, 5.74) is 0.640. The van der Waals surface area contributed by atoms with E-state index in [-0.39, 0.29) is 5.91 Å². The van der Waals surface area contributed by atoms with Gasteiger partial charge in [-0.25, -0.2) is 0 Å². The summed E-state index contributed by atoms with van der Waals surface area (Å²) in [4.78, 5) is 11.7.